The molecule has 0 amide bonds. The highest BCUT2D eigenvalue weighted by molar-refractivity contribution is 7.99. The smallest absolute Gasteiger partial charge is 0.156 e. The van der Waals surface area contributed by atoms with E-state index in [1.54, 1.807) is 0 Å². The molecule has 19 heavy (non-hydrogen) atoms. The van der Waals surface area contributed by atoms with Crippen LogP contribution in [0.5, 0.6) is 0 Å². The van der Waals surface area contributed by atoms with Gasteiger partial charge >= 0.3 is 0 Å². The first kappa shape index (κ1) is 14.6. The molecule has 0 bridgehead atoms. The number of aromatic nitrogens is 2. The van der Waals surface area contributed by atoms with Gasteiger partial charge in [-0.1, -0.05) is 13.8 Å². The largest absolute Gasteiger partial charge is 0.354 e. The second-order valence-electron chi connectivity index (χ2n) is 4.79. The first-order valence-electron chi connectivity index (χ1n) is 7.21. The van der Waals surface area contributed by atoms with Crippen LogP contribution >= 0.6 is 11.8 Å². The summed E-state index contributed by atoms with van der Waals surface area (Å²) in [6, 6.07) is 0. The molecule has 0 atom stereocenters. The predicted octanol–water partition coefficient (Wildman–Crippen LogP) is 2.00. The topological polar surface area (TPSA) is 55.0 Å². The second-order valence-corrected chi connectivity index (χ2v) is 6.02. The first-order valence-corrected chi connectivity index (χ1v) is 8.37. The maximum Gasteiger partial charge on any atom is 0.156 e. The van der Waals surface area contributed by atoms with E-state index >= 15 is 0 Å². The Hall–Kier alpha value is -0.810. The summed E-state index contributed by atoms with van der Waals surface area (Å²) >= 11 is 2.02. The maximum atomic E-state index is 6.00. The van der Waals surface area contributed by atoms with E-state index in [0.717, 1.165) is 37.4 Å². The second kappa shape index (κ2) is 7.10. The molecule has 2 rings (SSSR count). The molecular formula is C14H24N4S. The standard InChI is InChI=1S/C14H24N4S/c1-3-11-12(10-15)14(17-16-13(11)4-2)18-6-5-8-19-9-7-18/h3-10,15H2,1-2H3. The molecule has 0 aliphatic carbocycles. The lowest BCUT2D eigenvalue weighted by Gasteiger charge is -2.25. The van der Waals surface area contributed by atoms with Crippen LogP contribution in [0.1, 0.15) is 37.1 Å². The van der Waals surface area contributed by atoms with Crippen LogP contribution < -0.4 is 10.6 Å². The van der Waals surface area contributed by atoms with Crippen molar-refractivity contribution in [1.29, 1.82) is 0 Å². The van der Waals surface area contributed by atoms with E-state index in [2.05, 4.69) is 28.9 Å². The highest BCUT2D eigenvalue weighted by Crippen LogP contribution is 2.25. The minimum absolute atomic E-state index is 0.560. The van der Waals surface area contributed by atoms with Crippen LogP contribution in [0.25, 0.3) is 0 Å². The van der Waals surface area contributed by atoms with Gasteiger partial charge in [0.2, 0.25) is 0 Å². The fourth-order valence-corrected chi connectivity index (χ4v) is 3.55. The van der Waals surface area contributed by atoms with Crippen LogP contribution in [0.2, 0.25) is 0 Å². The van der Waals surface area contributed by atoms with Crippen molar-refractivity contribution in [2.45, 2.75) is 39.7 Å². The van der Waals surface area contributed by atoms with Crippen molar-refractivity contribution in [1.82, 2.24) is 10.2 Å². The van der Waals surface area contributed by atoms with Gasteiger partial charge in [0.25, 0.3) is 0 Å². The number of hydrogen-bond acceptors (Lipinski definition) is 5. The third kappa shape index (κ3) is 3.20. The minimum Gasteiger partial charge on any atom is -0.354 e. The summed E-state index contributed by atoms with van der Waals surface area (Å²) in [5.74, 6) is 3.44. The van der Waals surface area contributed by atoms with Crippen molar-refractivity contribution in [3.8, 4) is 0 Å². The fourth-order valence-electron chi connectivity index (χ4n) is 2.67. The molecule has 1 saturated heterocycles. The predicted molar refractivity (Wildman–Crippen MR) is 82.8 cm³/mol. The van der Waals surface area contributed by atoms with Crippen molar-refractivity contribution in [3.05, 3.63) is 16.8 Å². The molecule has 2 N–H and O–H groups in total. The average Bonchev–Trinajstić information content (AvgIpc) is 2.74. The summed E-state index contributed by atoms with van der Waals surface area (Å²) < 4.78 is 0. The molecule has 106 valence electrons. The van der Waals surface area contributed by atoms with Crippen molar-refractivity contribution in [3.63, 3.8) is 0 Å². The Labute approximate surface area is 120 Å². The zero-order valence-electron chi connectivity index (χ0n) is 12.0. The van der Waals surface area contributed by atoms with Crippen LogP contribution in [0, 0.1) is 0 Å². The molecule has 1 aromatic heterocycles. The van der Waals surface area contributed by atoms with E-state index in [-0.39, 0.29) is 0 Å². The molecule has 0 aromatic carbocycles. The fraction of sp³-hybridized carbons (Fsp3) is 0.714. The van der Waals surface area contributed by atoms with Gasteiger partial charge in [0.15, 0.2) is 5.82 Å². The van der Waals surface area contributed by atoms with E-state index in [0.29, 0.717) is 6.54 Å². The lowest BCUT2D eigenvalue weighted by Crippen LogP contribution is -2.29. The number of nitrogens with zero attached hydrogens (tertiary/aromatic N) is 3. The molecule has 5 heteroatoms. The Bertz CT molecular complexity index is 414. The van der Waals surface area contributed by atoms with Gasteiger partial charge in [0.05, 0.1) is 5.69 Å². The summed E-state index contributed by atoms with van der Waals surface area (Å²) in [5, 5.41) is 8.91. The number of rotatable bonds is 4. The molecule has 1 fully saturated rings. The number of aryl methyl sites for hydroxylation is 1. The molecule has 1 aliphatic heterocycles. The van der Waals surface area contributed by atoms with E-state index in [9.17, 15) is 0 Å². The highest BCUT2D eigenvalue weighted by Gasteiger charge is 2.19. The maximum absolute atomic E-state index is 6.00. The zero-order chi connectivity index (χ0) is 13.7. The van der Waals surface area contributed by atoms with Gasteiger partial charge in [-0.2, -0.15) is 16.9 Å². The normalized spacial score (nSPS) is 16.5. The lowest BCUT2D eigenvalue weighted by atomic mass is 10.0. The molecule has 0 radical (unpaired) electrons. The van der Waals surface area contributed by atoms with E-state index in [4.69, 9.17) is 5.73 Å². The van der Waals surface area contributed by atoms with Gasteiger partial charge in [-0.3, -0.25) is 0 Å². The molecule has 4 nitrogen and oxygen atoms in total. The van der Waals surface area contributed by atoms with Crippen LogP contribution in [0.15, 0.2) is 0 Å². The first-order chi connectivity index (χ1) is 9.31. The monoisotopic (exact) mass is 280 g/mol. The third-order valence-electron chi connectivity index (χ3n) is 3.66. The zero-order valence-corrected chi connectivity index (χ0v) is 12.8. The van der Waals surface area contributed by atoms with E-state index in [1.807, 2.05) is 11.8 Å². The number of hydrogen-bond donors (Lipinski definition) is 1. The third-order valence-corrected chi connectivity index (χ3v) is 4.71. The SMILES string of the molecule is CCc1nnc(N2CCCSCC2)c(CN)c1CC. The van der Waals surface area contributed by atoms with Crippen molar-refractivity contribution < 1.29 is 0 Å². The summed E-state index contributed by atoms with van der Waals surface area (Å²) in [6.07, 6.45) is 3.13. The van der Waals surface area contributed by atoms with Crippen LogP contribution in [-0.2, 0) is 19.4 Å². The summed E-state index contributed by atoms with van der Waals surface area (Å²) in [7, 11) is 0. The number of anilines is 1. The Balaban J connectivity index is 2.38. The van der Waals surface area contributed by atoms with Crippen molar-refractivity contribution in [2.24, 2.45) is 5.73 Å². The highest BCUT2D eigenvalue weighted by atomic mass is 32.2. The van der Waals surface area contributed by atoms with Gasteiger partial charge in [-0.05, 0) is 30.6 Å². The average molecular weight is 280 g/mol. The van der Waals surface area contributed by atoms with Crippen LogP contribution in [0.4, 0.5) is 5.82 Å². The molecule has 0 saturated carbocycles. The number of nitrogens with two attached hydrogens (primary N) is 1. The van der Waals surface area contributed by atoms with Crippen molar-refractivity contribution in [2.75, 3.05) is 29.5 Å². The van der Waals surface area contributed by atoms with Gasteiger partial charge < -0.3 is 10.6 Å². The molecule has 1 aromatic rings. The molecule has 0 spiro atoms. The Morgan fingerprint density at radius 1 is 1.11 bits per heavy atom. The Morgan fingerprint density at radius 2 is 1.95 bits per heavy atom. The van der Waals surface area contributed by atoms with Crippen LogP contribution in [-0.4, -0.2) is 34.8 Å². The van der Waals surface area contributed by atoms with Gasteiger partial charge in [-0.25, -0.2) is 0 Å². The Morgan fingerprint density at radius 3 is 2.63 bits per heavy atom. The van der Waals surface area contributed by atoms with Gasteiger partial charge in [0, 0.05) is 31.0 Å². The quantitative estimate of drug-likeness (QED) is 0.914. The Kier molecular flexibility index (Phi) is 5.45. The van der Waals surface area contributed by atoms with Crippen LogP contribution in [0.3, 0.4) is 0 Å². The van der Waals surface area contributed by atoms with E-state index in [1.165, 1.54) is 29.1 Å². The summed E-state index contributed by atoms with van der Waals surface area (Å²) in [5.41, 5.74) is 9.63. The van der Waals surface area contributed by atoms with Crippen molar-refractivity contribution >= 4 is 17.6 Å². The minimum atomic E-state index is 0.560. The molecule has 0 unspecified atom stereocenters. The molecular weight excluding hydrogens is 256 g/mol. The summed E-state index contributed by atoms with van der Waals surface area (Å²) in [6.45, 7) is 7.00. The number of thioether (sulfide) groups is 1. The van der Waals surface area contributed by atoms with Gasteiger partial charge in [0.1, 0.15) is 0 Å². The lowest BCUT2D eigenvalue weighted by molar-refractivity contribution is 0.754. The summed E-state index contributed by atoms with van der Waals surface area (Å²) in [4.78, 5) is 2.37. The molecule has 1 aliphatic rings. The molecule has 2 heterocycles. The van der Waals surface area contributed by atoms with Gasteiger partial charge in [-0.15, -0.1) is 5.10 Å². The van der Waals surface area contributed by atoms with E-state index < -0.39 is 0 Å².